The first kappa shape index (κ1) is 7.29. The second kappa shape index (κ2) is 2.94. The summed E-state index contributed by atoms with van der Waals surface area (Å²) in [6, 6.07) is 2.05. The lowest BCUT2D eigenvalue weighted by atomic mass is 10.1. The van der Waals surface area contributed by atoms with Crippen LogP contribution in [0.25, 0.3) is 12.2 Å². The van der Waals surface area contributed by atoms with Crippen molar-refractivity contribution in [2.45, 2.75) is 6.92 Å². The molecule has 0 aromatic carbocycles. The summed E-state index contributed by atoms with van der Waals surface area (Å²) < 4.78 is 0. The van der Waals surface area contributed by atoms with E-state index in [1.807, 2.05) is 12.4 Å². The van der Waals surface area contributed by atoms with Gasteiger partial charge in [0.05, 0.1) is 0 Å². The summed E-state index contributed by atoms with van der Waals surface area (Å²) in [5.41, 5.74) is 0. The number of pyridine rings is 1. The molecule has 2 rings (SSSR count). The van der Waals surface area contributed by atoms with Gasteiger partial charge in [-0.3, -0.25) is 4.98 Å². The largest absolute Gasteiger partial charge is 0.264 e. The molecule has 0 unspecified atom stereocenters. The lowest BCUT2D eigenvalue weighted by Crippen LogP contribution is -2.24. The van der Waals surface area contributed by atoms with Gasteiger partial charge < -0.3 is 0 Å². The third kappa shape index (κ3) is 1.30. The van der Waals surface area contributed by atoms with E-state index >= 15 is 0 Å². The first-order valence-electron chi connectivity index (χ1n) is 4.17. The second-order valence-electron chi connectivity index (χ2n) is 3.08. The van der Waals surface area contributed by atoms with Crippen molar-refractivity contribution in [1.82, 2.24) is 4.98 Å². The Bertz CT molecular complexity index is 415. The molecule has 0 spiro atoms. The minimum atomic E-state index is 0.518. The standard InChI is InChI=1S/C11H11N/c1-9-3-2-4-11-8-12-6-5-10(11)7-9/h2-9H,1H3/t9-/m0/s1. The van der Waals surface area contributed by atoms with Crippen LogP contribution < -0.4 is 10.4 Å². The van der Waals surface area contributed by atoms with Crippen molar-refractivity contribution in [2.75, 3.05) is 0 Å². The Labute approximate surface area is 71.8 Å². The van der Waals surface area contributed by atoms with Crippen molar-refractivity contribution in [2.24, 2.45) is 5.92 Å². The molecule has 0 bridgehead atoms. The Kier molecular flexibility index (Phi) is 1.78. The van der Waals surface area contributed by atoms with E-state index in [0.717, 1.165) is 0 Å². The molecule has 1 aliphatic rings. The summed E-state index contributed by atoms with van der Waals surface area (Å²) in [4.78, 5) is 4.08. The summed E-state index contributed by atoms with van der Waals surface area (Å²) >= 11 is 0. The molecule has 60 valence electrons. The van der Waals surface area contributed by atoms with E-state index in [1.165, 1.54) is 10.4 Å². The monoisotopic (exact) mass is 157 g/mol. The maximum atomic E-state index is 4.08. The van der Waals surface area contributed by atoms with Gasteiger partial charge in [0.15, 0.2) is 0 Å². The van der Waals surface area contributed by atoms with Gasteiger partial charge in [-0.15, -0.1) is 0 Å². The van der Waals surface area contributed by atoms with E-state index in [9.17, 15) is 0 Å². The fourth-order valence-electron chi connectivity index (χ4n) is 1.38. The van der Waals surface area contributed by atoms with Crippen molar-refractivity contribution in [1.29, 1.82) is 0 Å². The summed E-state index contributed by atoms with van der Waals surface area (Å²) in [5.74, 6) is 0.518. The molecule has 0 N–H and O–H groups in total. The molecule has 0 saturated carbocycles. The SMILES string of the molecule is C[C@H]1C=CC=c2cnccc2=C1. The van der Waals surface area contributed by atoms with Crippen LogP contribution in [0.15, 0.2) is 30.6 Å². The molecule has 1 atom stereocenters. The number of nitrogens with zero attached hydrogens (tertiary/aromatic N) is 1. The molecule has 1 heteroatoms. The van der Waals surface area contributed by atoms with Gasteiger partial charge in [-0.2, -0.15) is 0 Å². The molecular formula is C11H11N. The first-order valence-corrected chi connectivity index (χ1v) is 4.17. The Morgan fingerprint density at radius 1 is 1.33 bits per heavy atom. The number of fused-ring (bicyclic) bond motifs is 1. The zero-order valence-corrected chi connectivity index (χ0v) is 7.07. The number of allylic oxidation sites excluding steroid dienone is 2. The predicted molar refractivity (Wildman–Crippen MR) is 50.7 cm³/mol. The van der Waals surface area contributed by atoms with Gasteiger partial charge >= 0.3 is 0 Å². The van der Waals surface area contributed by atoms with E-state index < -0.39 is 0 Å². The van der Waals surface area contributed by atoms with Crippen molar-refractivity contribution in [3.63, 3.8) is 0 Å². The molecule has 12 heavy (non-hydrogen) atoms. The summed E-state index contributed by atoms with van der Waals surface area (Å²) in [6.45, 7) is 2.18. The molecule has 0 radical (unpaired) electrons. The fourth-order valence-corrected chi connectivity index (χ4v) is 1.38. The molecule has 1 aromatic rings. The minimum absolute atomic E-state index is 0.518. The average Bonchev–Trinajstić information content (AvgIpc) is 2.25. The molecule has 1 nitrogen and oxygen atoms in total. The Morgan fingerprint density at radius 3 is 3.17 bits per heavy atom. The molecule has 1 aromatic heterocycles. The Hall–Kier alpha value is -1.37. The maximum Gasteiger partial charge on any atom is 0.0346 e. The first-order chi connectivity index (χ1) is 5.86. The third-order valence-corrected chi connectivity index (χ3v) is 2.02. The highest BCUT2D eigenvalue weighted by Gasteiger charge is 1.93. The van der Waals surface area contributed by atoms with Gasteiger partial charge in [0.1, 0.15) is 0 Å². The lowest BCUT2D eigenvalue weighted by Gasteiger charge is -1.93. The predicted octanol–water partition coefficient (Wildman–Crippen LogP) is 0.849. The molecular weight excluding hydrogens is 146 g/mol. The van der Waals surface area contributed by atoms with Crippen LogP contribution >= 0.6 is 0 Å². The van der Waals surface area contributed by atoms with Crippen LogP contribution in [0.3, 0.4) is 0 Å². The molecule has 0 fully saturated rings. The number of aromatic nitrogens is 1. The van der Waals surface area contributed by atoms with Crippen molar-refractivity contribution >= 4 is 12.2 Å². The second-order valence-corrected chi connectivity index (χ2v) is 3.08. The van der Waals surface area contributed by atoms with Gasteiger partial charge in [-0.1, -0.05) is 31.2 Å². The van der Waals surface area contributed by atoms with Crippen LogP contribution in [-0.4, -0.2) is 4.98 Å². The molecule has 0 saturated heterocycles. The van der Waals surface area contributed by atoms with E-state index in [0.29, 0.717) is 5.92 Å². The van der Waals surface area contributed by atoms with Crippen LogP contribution in [0.5, 0.6) is 0 Å². The van der Waals surface area contributed by atoms with Gasteiger partial charge in [0.2, 0.25) is 0 Å². The van der Waals surface area contributed by atoms with Crippen LogP contribution in [0, 0.1) is 5.92 Å². The third-order valence-electron chi connectivity index (χ3n) is 2.02. The highest BCUT2D eigenvalue weighted by Crippen LogP contribution is 1.99. The summed E-state index contributed by atoms with van der Waals surface area (Å²) in [7, 11) is 0. The van der Waals surface area contributed by atoms with E-state index in [2.05, 4.69) is 42.3 Å². The quantitative estimate of drug-likeness (QED) is 0.544. The molecule has 1 heterocycles. The van der Waals surface area contributed by atoms with Crippen LogP contribution in [0.2, 0.25) is 0 Å². The van der Waals surface area contributed by atoms with Gasteiger partial charge in [-0.25, -0.2) is 0 Å². The maximum absolute atomic E-state index is 4.08. The highest BCUT2D eigenvalue weighted by molar-refractivity contribution is 5.44. The number of hydrogen-bond donors (Lipinski definition) is 0. The summed E-state index contributed by atoms with van der Waals surface area (Å²) in [6.07, 6.45) is 12.4. The Morgan fingerprint density at radius 2 is 2.25 bits per heavy atom. The summed E-state index contributed by atoms with van der Waals surface area (Å²) in [5, 5.41) is 2.49. The van der Waals surface area contributed by atoms with Crippen LogP contribution in [-0.2, 0) is 0 Å². The van der Waals surface area contributed by atoms with Crippen molar-refractivity contribution in [3.05, 3.63) is 41.0 Å². The highest BCUT2D eigenvalue weighted by atomic mass is 14.6. The topological polar surface area (TPSA) is 12.9 Å². The Balaban J connectivity index is 2.75. The zero-order valence-electron chi connectivity index (χ0n) is 7.07. The van der Waals surface area contributed by atoms with Crippen LogP contribution in [0.1, 0.15) is 6.92 Å². The van der Waals surface area contributed by atoms with Crippen LogP contribution in [0.4, 0.5) is 0 Å². The fraction of sp³-hybridized carbons (Fsp3) is 0.182. The molecule has 0 aliphatic heterocycles. The van der Waals surface area contributed by atoms with Crippen molar-refractivity contribution < 1.29 is 0 Å². The number of rotatable bonds is 0. The van der Waals surface area contributed by atoms with E-state index in [1.54, 1.807) is 0 Å². The molecule has 1 aliphatic carbocycles. The smallest absolute Gasteiger partial charge is 0.0346 e. The average molecular weight is 157 g/mol. The number of hydrogen-bond acceptors (Lipinski definition) is 1. The van der Waals surface area contributed by atoms with E-state index in [-0.39, 0.29) is 0 Å². The van der Waals surface area contributed by atoms with Gasteiger partial charge in [-0.05, 0) is 22.4 Å². The zero-order chi connectivity index (χ0) is 8.39. The normalized spacial score (nSPS) is 20.2. The van der Waals surface area contributed by atoms with E-state index in [4.69, 9.17) is 0 Å². The lowest BCUT2D eigenvalue weighted by molar-refractivity contribution is 0.997. The van der Waals surface area contributed by atoms with Gasteiger partial charge in [0, 0.05) is 12.4 Å². The molecule has 0 amide bonds. The van der Waals surface area contributed by atoms with Gasteiger partial charge in [0.25, 0.3) is 0 Å². The van der Waals surface area contributed by atoms with Crippen molar-refractivity contribution in [3.8, 4) is 0 Å². The minimum Gasteiger partial charge on any atom is -0.264 e.